The molecule has 0 bridgehead atoms. The number of halogens is 3. The molecule has 1 atom stereocenters. The Hall–Kier alpha value is -1.61. The van der Waals surface area contributed by atoms with Crippen LogP contribution < -0.4 is 5.32 Å². The summed E-state index contributed by atoms with van der Waals surface area (Å²) in [5.74, 6) is -0.360. The van der Waals surface area contributed by atoms with E-state index >= 15 is 0 Å². The number of nitrogens with one attached hydrogen (secondary N) is 1. The Bertz CT molecular complexity index is 788. The standard InChI is InChI=1S/C20H29F3N2O3S/c1-3-4-5-7-15(2)24-19(26)16-10-12-25(13-11-16)29(27,28)18-9-6-8-17(14-18)20(21,22)23/h6,8-9,14-16H,3-5,7,10-13H2,1-2H3,(H,24,26). The highest BCUT2D eigenvalue weighted by Crippen LogP contribution is 2.32. The molecule has 0 aliphatic carbocycles. The molecule has 0 spiro atoms. The van der Waals surface area contributed by atoms with Crippen LogP contribution in [0.1, 0.15) is 57.9 Å². The molecule has 1 aromatic rings. The Morgan fingerprint density at radius 2 is 1.90 bits per heavy atom. The number of benzene rings is 1. The third-order valence-corrected chi connectivity index (χ3v) is 7.15. The Balaban J connectivity index is 1.95. The maximum atomic E-state index is 12.9. The maximum Gasteiger partial charge on any atom is 0.416 e. The van der Waals surface area contributed by atoms with E-state index in [1.165, 1.54) is 6.07 Å². The second-order valence-electron chi connectivity index (χ2n) is 7.61. The van der Waals surface area contributed by atoms with E-state index in [1.807, 2.05) is 6.92 Å². The van der Waals surface area contributed by atoms with Crippen molar-refractivity contribution >= 4 is 15.9 Å². The van der Waals surface area contributed by atoms with Gasteiger partial charge in [0.05, 0.1) is 10.5 Å². The lowest BCUT2D eigenvalue weighted by atomic mass is 9.96. The average Bonchev–Trinajstić information content (AvgIpc) is 2.67. The zero-order valence-corrected chi connectivity index (χ0v) is 17.7. The highest BCUT2D eigenvalue weighted by Gasteiger charge is 2.35. The largest absolute Gasteiger partial charge is 0.416 e. The normalized spacial score (nSPS) is 17.8. The number of carbonyl (C=O) groups is 1. The van der Waals surface area contributed by atoms with Gasteiger partial charge >= 0.3 is 6.18 Å². The van der Waals surface area contributed by atoms with E-state index in [1.54, 1.807) is 0 Å². The lowest BCUT2D eigenvalue weighted by Crippen LogP contribution is -2.44. The zero-order chi connectivity index (χ0) is 21.7. The number of unbranched alkanes of at least 4 members (excludes halogenated alkanes) is 2. The van der Waals surface area contributed by atoms with Crippen LogP contribution in [-0.2, 0) is 21.0 Å². The van der Waals surface area contributed by atoms with E-state index in [9.17, 15) is 26.4 Å². The summed E-state index contributed by atoms with van der Waals surface area (Å²) in [6, 6.07) is 3.83. The molecule has 0 radical (unpaired) electrons. The molecule has 0 aromatic heterocycles. The summed E-state index contributed by atoms with van der Waals surface area (Å²) in [4.78, 5) is 12.0. The Morgan fingerprint density at radius 3 is 2.48 bits per heavy atom. The topological polar surface area (TPSA) is 66.5 Å². The van der Waals surface area contributed by atoms with Crippen LogP contribution in [0.25, 0.3) is 0 Å². The molecular formula is C20H29F3N2O3S. The summed E-state index contributed by atoms with van der Waals surface area (Å²) >= 11 is 0. The monoisotopic (exact) mass is 434 g/mol. The van der Waals surface area contributed by atoms with Crippen LogP contribution in [0.3, 0.4) is 0 Å². The van der Waals surface area contributed by atoms with Gasteiger partial charge in [0.2, 0.25) is 15.9 Å². The molecule has 2 rings (SSSR count). The summed E-state index contributed by atoms with van der Waals surface area (Å²) in [6.07, 6.45) is 0.279. The molecule has 1 heterocycles. The molecule has 1 aliphatic rings. The summed E-state index contributed by atoms with van der Waals surface area (Å²) < 4.78 is 65.3. The van der Waals surface area contributed by atoms with Gasteiger partial charge in [-0.05, 0) is 44.4 Å². The predicted molar refractivity (Wildman–Crippen MR) is 105 cm³/mol. The number of nitrogens with zero attached hydrogens (tertiary/aromatic N) is 1. The van der Waals surface area contributed by atoms with Gasteiger partial charge in [-0.3, -0.25) is 4.79 Å². The van der Waals surface area contributed by atoms with Crippen molar-refractivity contribution in [2.75, 3.05) is 13.1 Å². The first kappa shape index (κ1) is 23.7. The average molecular weight is 435 g/mol. The third-order valence-electron chi connectivity index (χ3n) is 5.25. The molecule has 1 amide bonds. The third kappa shape index (κ3) is 6.44. The fraction of sp³-hybridized carbons (Fsp3) is 0.650. The van der Waals surface area contributed by atoms with E-state index in [0.29, 0.717) is 18.9 Å². The van der Waals surface area contributed by atoms with Gasteiger partial charge in [-0.25, -0.2) is 8.42 Å². The van der Waals surface area contributed by atoms with E-state index in [2.05, 4.69) is 12.2 Å². The molecule has 164 valence electrons. The van der Waals surface area contributed by atoms with E-state index in [-0.39, 0.29) is 35.9 Å². The predicted octanol–water partition coefficient (Wildman–Crippen LogP) is 4.19. The van der Waals surface area contributed by atoms with Crippen LogP contribution in [0.15, 0.2) is 29.2 Å². The summed E-state index contributed by atoms with van der Waals surface area (Å²) in [6.45, 7) is 4.30. The van der Waals surface area contributed by atoms with Gasteiger partial charge in [0.25, 0.3) is 0 Å². The number of rotatable bonds is 8. The zero-order valence-electron chi connectivity index (χ0n) is 16.8. The minimum Gasteiger partial charge on any atom is -0.353 e. The lowest BCUT2D eigenvalue weighted by Gasteiger charge is -2.31. The second-order valence-corrected chi connectivity index (χ2v) is 9.55. The molecule has 1 fully saturated rings. The lowest BCUT2D eigenvalue weighted by molar-refractivity contribution is -0.137. The van der Waals surface area contributed by atoms with Crippen LogP contribution >= 0.6 is 0 Å². The first-order chi connectivity index (χ1) is 13.6. The first-order valence-electron chi connectivity index (χ1n) is 10.0. The quantitative estimate of drug-likeness (QED) is 0.624. The maximum absolute atomic E-state index is 12.9. The van der Waals surface area contributed by atoms with Crippen molar-refractivity contribution in [3.05, 3.63) is 29.8 Å². The second kappa shape index (κ2) is 9.93. The molecule has 1 unspecified atom stereocenters. The molecule has 29 heavy (non-hydrogen) atoms. The number of alkyl halides is 3. The number of piperidine rings is 1. The number of hydrogen-bond acceptors (Lipinski definition) is 3. The van der Waals surface area contributed by atoms with Gasteiger partial charge in [0.15, 0.2) is 0 Å². The van der Waals surface area contributed by atoms with Gasteiger partial charge in [-0.2, -0.15) is 17.5 Å². The molecule has 5 nitrogen and oxygen atoms in total. The molecule has 0 saturated carbocycles. The van der Waals surface area contributed by atoms with Crippen molar-refractivity contribution in [1.29, 1.82) is 0 Å². The highest BCUT2D eigenvalue weighted by atomic mass is 32.2. The van der Waals surface area contributed by atoms with E-state index < -0.39 is 21.8 Å². The number of amides is 1. The van der Waals surface area contributed by atoms with Crippen LogP contribution in [-0.4, -0.2) is 37.8 Å². The van der Waals surface area contributed by atoms with Gasteiger partial charge in [-0.15, -0.1) is 0 Å². The van der Waals surface area contributed by atoms with Crippen molar-refractivity contribution in [2.24, 2.45) is 5.92 Å². The van der Waals surface area contributed by atoms with Gasteiger partial charge in [-0.1, -0.05) is 32.3 Å². The minimum atomic E-state index is -4.61. The number of carbonyl (C=O) groups excluding carboxylic acids is 1. The molecule has 1 N–H and O–H groups in total. The number of hydrogen-bond donors (Lipinski definition) is 1. The number of sulfonamides is 1. The van der Waals surface area contributed by atoms with Gasteiger partial charge < -0.3 is 5.32 Å². The van der Waals surface area contributed by atoms with E-state index in [0.717, 1.165) is 42.1 Å². The summed E-state index contributed by atoms with van der Waals surface area (Å²) in [5, 5.41) is 2.99. The fourth-order valence-electron chi connectivity index (χ4n) is 3.47. The molecule has 1 saturated heterocycles. The van der Waals surface area contributed by atoms with Crippen LogP contribution in [0.2, 0.25) is 0 Å². The van der Waals surface area contributed by atoms with Crippen molar-refractivity contribution in [1.82, 2.24) is 9.62 Å². The van der Waals surface area contributed by atoms with Gasteiger partial charge in [0.1, 0.15) is 0 Å². The van der Waals surface area contributed by atoms with Crippen molar-refractivity contribution in [3.8, 4) is 0 Å². The van der Waals surface area contributed by atoms with Gasteiger partial charge in [0, 0.05) is 25.0 Å². The Kier molecular flexibility index (Phi) is 8.10. The van der Waals surface area contributed by atoms with Crippen LogP contribution in [0.5, 0.6) is 0 Å². The Morgan fingerprint density at radius 1 is 1.24 bits per heavy atom. The van der Waals surface area contributed by atoms with Crippen molar-refractivity contribution < 1.29 is 26.4 Å². The molecule has 1 aromatic carbocycles. The fourth-order valence-corrected chi connectivity index (χ4v) is 4.99. The van der Waals surface area contributed by atoms with E-state index in [4.69, 9.17) is 0 Å². The molecule has 9 heteroatoms. The smallest absolute Gasteiger partial charge is 0.353 e. The SMILES string of the molecule is CCCCCC(C)NC(=O)C1CCN(S(=O)(=O)c2cccc(C(F)(F)F)c2)CC1. The molecular weight excluding hydrogens is 405 g/mol. The van der Waals surface area contributed by atoms with Crippen LogP contribution in [0, 0.1) is 5.92 Å². The minimum absolute atomic E-state index is 0.0703. The Labute approximate surface area is 170 Å². The summed E-state index contributed by atoms with van der Waals surface area (Å²) in [7, 11) is -4.03. The summed E-state index contributed by atoms with van der Waals surface area (Å²) in [5.41, 5.74) is -0.995. The molecule has 1 aliphatic heterocycles. The van der Waals surface area contributed by atoms with Crippen LogP contribution in [0.4, 0.5) is 13.2 Å². The van der Waals surface area contributed by atoms with Crippen molar-refractivity contribution in [2.45, 2.75) is 69.5 Å². The first-order valence-corrected chi connectivity index (χ1v) is 11.5. The highest BCUT2D eigenvalue weighted by molar-refractivity contribution is 7.89. The van der Waals surface area contributed by atoms with Crippen molar-refractivity contribution in [3.63, 3.8) is 0 Å².